The maximum Gasteiger partial charge on any atom is 0.340 e. The smallest absolute Gasteiger partial charge is 0.340 e. The maximum atomic E-state index is 13.5. The van der Waals surface area contributed by atoms with Crippen LogP contribution in [-0.2, 0) is 5.60 Å². The van der Waals surface area contributed by atoms with Crippen molar-refractivity contribution < 1.29 is 9.90 Å². The minimum Gasteiger partial charge on any atom is -0.386 e. The first-order chi connectivity index (χ1) is 19.9. The molecule has 208 valence electrons. The SMILES string of the molecule is Cc1c(-c2c(C#N)cc(C(N)=O)c3[nH]c4cc(C(C)(C)O)ccc4c23)cccc1-n1c(=O)cc2c(Cl)cccn2c1=O. The summed E-state index contributed by atoms with van der Waals surface area (Å²) in [7, 11) is 0. The van der Waals surface area contributed by atoms with Crippen LogP contribution in [0.4, 0.5) is 0 Å². The van der Waals surface area contributed by atoms with Gasteiger partial charge in [0.05, 0.1) is 44.5 Å². The highest BCUT2D eigenvalue weighted by molar-refractivity contribution is 6.33. The van der Waals surface area contributed by atoms with Gasteiger partial charge in [0.25, 0.3) is 11.5 Å². The second kappa shape index (κ2) is 9.45. The molecule has 6 aromatic rings. The number of aromatic nitrogens is 3. The Kier molecular flexibility index (Phi) is 6.08. The van der Waals surface area contributed by atoms with Gasteiger partial charge in [-0.15, -0.1) is 0 Å². The summed E-state index contributed by atoms with van der Waals surface area (Å²) in [5.74, 6) is -0.711. The summed E-state index contributed by atoms with van der Waals surface area (Å²) in [5, 5.41) is 22.4. The second-order valence-electron chi connectivity index (χ2n) is 10.7. The number of nitrogens with zero attached hydrogens (tertiary/aromatic N) is 3. The number of carbonyl (C=O) groups is 1. The van der Waals surface area contributed by atoms with Crippen LogP contribution in [0.2, 0.25) is 5.02 Å². The number of carbonyl (C=O) groups excluding carboxylic acids is 1. The van der Waals surface area contributed by atoms with E-state index in [0.29, 0.717) is 55.3 Å². The molecule has 10 heteroatoms. The summed E-state index contributed by atoms with van der Waals surface area (Å²) < 4.78 is 2.37. The molecule has 0 saturated carbocycles. The number of fused-ring (bicyclic) bond motifs is 4. The van der Waals surface area contributed by atoms with Crippen molar-refractivity contribution in [1.82, 2.24) is 14.0 Å². The van der Waals surface area contributed by atoms with Crippen molar-refractivity contribution in [2.24, 2.45) is 5.73 Å². The number of pyridine rings is 1. The number of halogens is 1. The van der Waals surface area contributed by atoms with Crippen LogP contribution in [0.1, 0.15) is 40.9 Å². The van der Waals surface area contributed by atoms with Crippen molar-refractivity contribution >= 4 is 44.8 Å². The fraction of sp³-hybridized carbons (Fsp3) is 0.125. The first kappa shape index (κ1) is 27.0. The molecule has 0 radical (unpaired) electrons. The van der Waals surface area contributed by atoms with Gasteiger partial charge < -0.3 is 15.8 Å². The van der Waals surface area contributed by atoms with Gasteiger partial charge in [0.2, 0.25) is 0 Å². The fourth-order valence-corrected chi connectivity index (χ4v) is 5.79. The van der Waals surface area contributed by atoms with Gasteiger partial charge in [-0.2, -0.15) is 5.26 Å². The van der Waals surface area contributed by atoms with Crippen molar-refractivity contribution in [3.8, 4) is 22.9 Å². The minimum absolute atomic E-state index is 0.140. The molecule has 0 fully saturated rings. The summed E-state index contributed by atoms with van der Waals surface area (Å²) in [4.78, 5) is 42.6. The molecule has 3 aromatic carbocycles. The van der Waals surface area contributed by atoms with Crippen molar-refractivity contribution in [3.05, 3.63) is 115 Å². The van der Waals surface area contributed by atoms with Gasteiger partial charge in [-0.05, 0) is 67.8 Å². The van der Waals surface area contributed by atoms with E-state index < -0.39 is 22.8 Å². The summed E-state index contributed by atoms with van der Waals surface area (Å²) in [6.45, 7) is 5.11. The molecule has 0 atom stereocenters. The molecule has 0 aliphatic heterocycles. The van der Waals surface area contributed by atoms with Crippen LogP contribution in [0.5, 0.6) is 0 Å². The van der Waals surface area contributed by atoms with Crippen molar-refractivity contribution in [3.63, 3.8) is 0 Å². The van der Waals surface area contributed by atoms with E-state index >= 15 is 0 Å². The molecular formula is C32H24ClN5O4. The number of aliphatic hydroxyl groups is 1. The molecule has 0 spiro atoms. The lowest BCUT2D eigenvalue weighted by Gasteiger charge is -2.18. The number of nitrogens with one attached hydrogen (secondary N) is 1. The zero-order valence-electron chi connectivity index (χ0n) is 22.8. The van der Waals surface area contributed by atoms with Crippen LogP contribution in [0.25, 0.3) is 44.1 Å². The molecule has 42 heavy (non-hydrogen) atoms. The van der Waals surface area contributed by atoms with Crippen molar-refractivity contribution in [2.45, 2.75) is 26.4 Å². The van der Waals surface area contributed by atoms with Crippen LogP contribution in [0.3, 0.4) is 0 Å². The lowest BCUT2D eigenvalue weighted by molar-refractivity contribution is 0.0787. The number of primary amides is 1. The Morgan fingerprint density at radius 2 is 1.86 bits per heavy atom. The highest BCUT2D eigenvalue weighted by Crippen LogP contribution is 2.41. The van der Waals surface area contributed by atoms with Crippen LogP contribution in [0.15, 0.2) is 76.4 Å². The van der Waals surface area contributed by atoms with Gasteiger partial charge in [-0.1, -0.05) is 35.9 Å². The van der Waals surface area contributed by atoms with E-state index in [0.717, 1.165) is 4.57 Å². The van der Waals surface area contributed by atoms with Crippen LogP contribution >= 0.6 is 11.6 Å². The number of benzene rings is 3. The molecule has 0 aliphatic carbocycles. The van der Waals surface area contributed by atoms with E-state index in [1.54, 1.807) is 63.2 Å². The monoisotopic (exact) mass is 577 g/mol. The molecule has 9 nitrogen and oxygen atoms in total. The quantitative estimate of drug-likeness (QED) is 0.272. The largest absolute Gasteiger partial charge is 0.386 e. The number of nitrogens with two attached hydrogens (primary N) is 1. The Balaban J connectivity index is 1.72. The van der Waals surface area contributed by atoms with E-state index in [1.165, 1.54) is 22.7 Å². The molecule has 0 aliphatic rings. The Morgan fingerprint density at radius 1 is 1.10 bits per heavy atom. The molecule has 0 bridgehead atoms. The Bertz CT molecular complexity index is 2300. The Hall–Kier alpha value is -5.17. The number of aromatic amines is 1. The maximum absolute atomic E-state index is 13.5. The molecule has 6 rings (SSSR count). The molecule has 1 amide bonds. The first-order valence-electron chi connectivity index (χ1n) is 13.0. The lowest BCUT2D eigenvalue weighted by atomic mass is 9.89. The molecular weight excluding hydrogens is 554 g/mol. The van der Waals surface area contributed by atoms with Crippen LogP contribution < -0.4 is 17.0 Å². The zero-order valence-corrected chi connectivity index (χ0v) is 23.6. The molecule has 3 aromatic heterocycles. The number of H-pyrrole nitrogens is 1. The summed E-state index contributed by atoms with van der Waals surface area (Å²) in [6.07, 6.45) is 1.53. The van der Waals surface area contributed by atoms with Gasteiger partial charge in [-0.25, -0.2) is 9.36 Å². The van der Waals surface area contributed by atoms with Gasteiger partial charge in [0.15, 0.2) is 0 Å². The first-order valence-corrected chi connectivity index (χ1v) is 13.4. The Morgan fingerprint density at radius 3 is 2.55 bits per heavy atom. The molecule has 4 N–H and O–H groups in total. The zero-order chi connectivity index (χ0) is 30.1. The normalized spacial score (nSPS) is 11.8. The van der Waals surface area contributed by atoms with E-state index in [1.807, 2.05) is 6.07 Å². The molecule has 3 heterocycles. The Labute approximate surface area is 243 Å². The summed E-state index contributed by atoms with van der Waals surface area (Å²) in [5.41, 5.74) is 7.80. The topological polar surface area (TPSA) is 146 Å². The van der Waals surface area contributed by atoms with Gasteiger partial charge in [0.1, 0.15) is 0 Å². The summed E-state index contributed by atoms with van der Waals surface area (Å²) in [6, 6.07) is 18.7. The van der Waals surface area contributed by atoms with Crippen molar-refractivity contribution in [1.29, 1.82) is 5.26 Å². The predicted octanol–water partition coefficient (Wildman–Crippen LogP) is 4.91. The highest BCUT2D eigenvalue weighted by atomic mass is 35.5. The standard InChI is InChI=1S/C32H24ClN5O4/c1-16-19(6-4-8-24(16)38-26(39)14-25-22(33)7-5-11-37(25)31(38)41)27-17(15-34)12-21(30(35)40)29-28(27)20-10-9-18(32(2,3)42)13-23(20)36-29/h4-14,36,42H,1-3H3,(H2,35,40). The number of hydrogen-bond acceptors (Lipinski definition) is 5. The minimum atomic E-state index is -1.12. The fourth-order valence-electron chi connectivity index (χ4n) is 5.57. The number of nitriles is 1. The molecule has 0 saturated heterocycles. The van der Waals surface area contributed by atoms with Gasteiger partial charge in [-0.3, -0.25) is 14.0 Å². The third-order valence-corrected chi connectivity index (χ3v) is 7.96. The van der Waals surface area contributed by atoms with Gasteiger partial charge in [0, 0.05) is 34.1 Å². The number of rotatable bonds is 4. The number of amides is 1. The average Bonchev–Trinajstić information content (AvgIpc) is 3.32. The average molecular weight is 578 g/mol. The van der Waals surface area contributed by atoms with Crippen LogP contribution in [-0.4, -0.2) is 25.0 Å². The van der Waals surface area contributed by atoms with E-state index in [2.05, 4.69) is 11.1 Å². The second-order valence-corrected chi connectivity index (χ2v) is 11.1. The van der Waals surface area contributed by atoms with E-state index in [9.17, 15) is 24.8 Å². The van der Waals surface area contributed by atoms with E-state index in [4.69, 9.17) is 17.3 Å². The van der Waals surface area contributed by atoms with E-state index in [-0.39, 0.29) is 16.1 Å². The van der Waals surface area contributed by atoms with Gasteiger partial charge >= 0.3 is 5.69 Å². The highest BCUT2D eigenvalue weighted by Gasteiger charge is 2.24. The van der Waals surface area contributed by atoms with Crippen LogP contribution in [0, 0.1) is 18.3 Å². The third kappa shape index (κ3) is 4.00. The number of hydrogen-bond donors (Lipinski definition) is 3. The molecule has 0 unspecified atom stereocenters. The third-order valence-electron chi connectivity index (χ3n) is 7.64. The predicted molar refractivity (Wildman–Crippen MR) is 162 cm³/mol. The van der Waals surface area contributed by atoms with Crippen molar-refractivity contribution in [2.75, 3.05) is 0 Å². The lowest BCUT2D eigenvalue weighted by Crippen LogP contribution is -2.36. The summed E-state index contributed by atoms with van der Waals surface area (Å²) >= 11 is 6.24.